The van der Waals surface area contributed by atoms with Gasteiger partial charge in [-0.15, -0.1) is 0 Å². The number of nitrogens with one attached hydrogen (secondary N) is 3. The van der Waals surface area contributed by atoms with Crippen LogP contribution in [0.5, 0.6) is 5.75 Å². The van der Waals surface area contributed by atoms with Crippen LogP contribution in [0.2, 0.25) is 0 Å². The molecule has 9 heteroatoms. The van der Waals surface area contributed by atoms with E-state index < -0.39 is 15.1 Å². The number of anilines is 1. The van der Waals surface area contributed by atoms with E-state index in [1.807, 2.05) is 48.5 Å². The number of fused-ring (bicyclic) bond motifs is 1. The third-order valence-corrected chi connectivity index (χ3v) is 8.54. The highest BCUT2D eigenvalue weighted by molar-refractivity contribution is 7.92. The topological polar surface area (TPSA) is 114 Å². The summed E-state index contributed by atoms with van der Waals surface area (Å²) in [4.78, 5) is 24.0. The van der Waals surface area contributed by atoms with Gasteiger partial charge in [-0.3, -0.25) is 4.79 Å². The zero-order valence-corrected chi connectivity index (χ0v) is 19.4. The van der Waals surface area contributed by atoms with Gasteiger partial charge >= 0.3 is 6.03 Å². The van der Waals surface area contributed by atoms with Gasteiger partial charge < -0.3 is 20.7 Å². The van der Waals surface area contributed by atoms with Crippen LogP contribution in [0.25, 0.3) is 0 Å². The Morgan fingerprint density at radius 2 is 1.91 bits per heavy atom. The van der Waals surface area contributed by atoms with Crippen LogP contribution in [0.1, 0.15) is 36.8 Å². The Kier molecular flexibility index (Phi) is 6.88. The molecule has 2 aromatic rings. The third kappa shape index (κ3) is 5.47. The van der Waals surface area contributed by atoms with Crippen molar-refractivity contribution in [3.8, 4) is 5.75 Å². The maximum absolute atomic E-state index is 12.5. The van der Waals surface area contributed by atoms with E-state index in [9.17, 15) is 18.0 Å². The Hall–Kier alpha value is -3.07. The second-order valence-electron chi connectivity index (χ2n) is 8.60. The molecule has 3 N–H and O–H groups in total. The number of amides is 3. The highest BCUT2D eigenvalue weighted by atomic mass is 32.2. The summed E-state index contributed by atoms with van der Waals surface area (Å²) in [5.74, 6) is 0.625. The average Bonchev–Trinajstić information content (AvgIpc) is 3.23. The number of urea groups is 1. The van der Waals surface area contributed by atoms with Gasteiger partial charge in [0.25, 0.3) is 0 Å². The first-order valence-electron chi connectivity index (χ1n) is 11.1. The molecule has 2 aromatic carbocycles. The van der Waals surface area contributed by atoms with Crippen LogP contribution >= 0.6 is 0 Å². The first-order valence-corrected chi connectivity index (χ1v) is 12.9. The van der Waals surface area contributed by atoms with Crippen molar-refractivity contribution in [3.63, 3.8) is 0 Å². The van der Waals surface area contributed by atoms with E-state index in [2.05, 4.69) is 16.0 Å². The SMILES string of the molecule is COc1ccc(NC(=O)CCCC[C@@H]2[C@@H]3NC(=O)N[C@H]3CS2(=O)=O)cc1Cc1ccccc1. The monoisotopic (exact) mass is 471 g/mol. The number of ether oxygens (including phenoxy) is 1. The molecule has 33 heavy (non-hydrogen) atoms. The lowest BCUT2D eigenvalue weighted by atomic mass is 10.0. The Bertz CT molecular complexity index is 1120. The van der Waals surface area contributed by atoms with Crippen molar-refractivity contribution < 1.29 is 22.7 Å². The fourth-order valence-electron chi connectivity index (χ4n) is 4.67. The fourth-order valence-corrected chi connectivity index (χ4v) is 6.94. The standard InChI is InChI=1S/C24H29N3O5S/c1-32-20-12-11-18(14-17(20)13-16-7-3-2-4-8-16)25-22(28)10-6-5-9-21-23-19(15-33(21,30)31)26-24(29)27-23/h2-4,7-8,11-12,14,19,21,23H,5-6,9-10,13,15H2,1H3,(H,25,28)(H2,26,27,29)/t19-,21+,23+/m0/s1. The summed E-state index contributed by atoms with van der Waals surface area (Å²) in [5, 5.41) is 7.72. The summed E-state index contributed by atoms with van der Waals surface area (Å²) in [5.41, 5.74) is 2.83. The van der Waals surface area contributed by atoms with Gasteiger partial charge in [-0.1, -0.05) is 36.8 Å². The number of carbonyl (C=O) groups excluding carboxylic acids is 2. The molecule has 3 atom stereocenters. The van der Waals surface area contributed by atoms with Crippen molar-refractivity contribution in [1.29, 1.82) is 0 Å². The molecule has 4 rings (SSSR count). The van der Waals surface area contributed by atoms with Gasteiger partial charge in [0.2, 0.25) is 5.91 Å². The summed E-state index contributed by atoms with van der Waals surface area (Å²) >= 11 is 0. The molecule has 8 nitrogen and oxygen atoms in total. The first-order chi connectivity index (χ1) is 15.9. The fraction of sp³-hybridized carbons (Fsp3) is 0.417. The quantitative estimate of drug-likeness (QED) is 0.384. The van der Waals surface area contributed by atoms with Crippen molar-refractivity contribution in [1.82, 2.24) is 10.6 Å². The molecule has 0 radical (unpaired) electrons. The van der Waals surface area contributed by atoms with E-state index in [1.54, 1.807) is 7.11 Å². The van der Waals surface area contributed by atoms with Crippen molar-refractivity contribution in [2.45, 2.75) is 49.4 Å². The van der Waals surface area contributed by atoms with Crippen LogP contribution < -0.4 is 20.7 Å². The molecule has 2 heterocycles. The number of sulfone groups is 1. The lowest BCUT2D eigenvalue weighted by Crippen LogP contribution is -2.39. The minimum atomic E-state index is -3.25. The molecule has 2 fully saturated rings. The summed E-state index contributed by atoms with van der Waals surface area (Å²) in [6.45, 7) is 0. The second-order valence-corrected chi connectivity index (χ2v) is 10.9. The molecule has 0 aliphatic carbocycles. The Labute approximate surface area is 194 Å². The minimum Gasteiger partial charge on any atom is -0.496 e. The summed E-state index contributed by atoms with van der Waals surface area (Å²) in [7, 11) is -1.62. The summed E-state index contributed by atoms with van der Waals surface area (Å²) in [6.07, 6.45) is 2.59. The van der Waals surface area contributed by atoms with Gasteiger partial charge in [0, 0.05) is 24.1 Å². The zero-order valence-electron chi connectivity index (χ0n) is 18.5. The van der Waals surface area contributed by atoms with Crippen LogP contribution in [0.15, 0.2) is 48.5 Å². The van der Waals surface area contributed by atoms with E-state index in [0.29, 0.717) is 37.8 Å². The second kappa shape index (κ2) is 9.82. The molecule has 0 unspecified atom stereocenters. The van der Waals surface area contributed by atoms with Gasteiger partial charge in [0.05, 0.1) is 30.2 Å². The largest absolute Gasteiger partial charge is 0.496 e. The van der Waals surface area contributed by atoms with E-state index >= 15 is 0 Å². The van der Waals surface area contributed by atoms with E-state index in [1.165, 1.54) is 0 Å². The zero-order chi connectivity index (χ0) is 23.4. The van der Waals surface area contributed by atoms with Gasteiger partial charge in [-0.05, 0) is 36.6 Å². The molecule has 0 saturated carbocycles. The lowest BCUT2D eigenvalue weighted by molar-refractivity contribution is -0.116. The Morgan fingerprint density at radius 3 is 2.67 bits per heavy atom. The van der Waals surface area contributed by atoms with Crippen molar-refractivity contribution in [2.75, 3.05) is 18.2 Å². The maximum atomic E-state index is 12.5. The third-order valence-electron chi connectivity index (χ3n) is 6.27. The molecule has 2 aliphatic rings. The first kappa shape index (κ1) is 23.1. The molecular weight excluding hydrogens is 442 g/mol. The highest BCUT2D eigenvalue weighted by Gasteiger charge is 2.51. The Balaban J connectivity index is 1.28. The number of unbranched alkanes of at least 4 members (excludes halogenated alkanes) is 1. The normalized spacial score (nSPS) is 22.8. The number of benzene rings is 2. The van der Waals surface area contributed by atoms with E-state index in [-0.39, 0.29) is 29.8 Å². The minimum absolute atomic E-state index is 0.0235. The van der Waals surface area contributed by atoms with E-state index in [0.717, 1.165) is 16.9 Å². The van der Waals surface area contributed by atoms with Gasteiger partial charge in [0.15, 0.2) is 9.84 Å². The smallest absolute Gasteiger partial charge is 0.315 e. The number of hydrogen-bond acceptors (Lipinski definition) is 5. The molecule has 176 valence electrons. The molecule has 2 aliphatic heterocycles. The lowest BCUT2D eigenvalue weighted by Gasteiger charge is -2.16. The van der Waals surface area contributed by atoms with Crippen LogP contribution in [-0.4, -0.2) is 50.6 Å². The van der Waals surface area contributed by atoms with Crippen molar-refractivity contribution in [3.05, 3.63) is 59.7 Å². The molecule has 0 bridgehead atoms. The van der Waals surface area contributed by atoms with E-state index in [4.69, 9.17) is 4.74 Å². The van der Waals surface area contributed by atoms with Crippen LogP contribution in [0.4, 0.5) is 10.5 Å². The predicted octanol–water partition coefficient (Wildman–Crippen LogP) is 2.63. The van der Waals surface area contributed by atoms with Crippen LogP contribution in [0.3, 0.4) is 0 Å². The van der Waals surface area contributed by atoms with Gasteiger partial charge in [-0.2, -0.15) is 0 Å². The summed E-state index contributed by atoms with van der Waals surface area (Å²) < 4.78 is 30.2. The van der Waals surface area contributed by atoms with Crippen LogP contribution in [0, 0.1) is 0 Å². The molecule has 0 spiro atoms. The number of hydrogen-bond donors (Lipinski definition) is 3. The number of rotatable bonds is 9. The van der Waals surface area contributed by atoms with Crippen molar-refractivity contribution >= 4 is 27.5 Å². The predicted molar refractivity (Wildman–Crippen MR) is 126 cm³/mol. The molecule has 0 aromatic heterocycles. The molecule has 2 saturated heterocycles. The Morgan fingerprint density at radius 1 is 1.12 bits per heavy atom. The van der Waals surface area contributed by atoms with Crippen LogP contribution in [-0.2, 0) is 21.1 Å². The van der Waals surface area contributed by atoms with Gasteiger partial charge in [-0.25, -0.2) is 13.2 Å². The average molecular weight is 472 g/mol. The number of carbonyl (C=O) groups is 2. The maximum Gasteiger partial charge on any atom is 0.315 e. The molecule has 3 amide bonds. The highest BCUT2D eigenvalue weighted by Crippen LogP contribution is 2.29. The summed E-state index contributed by atoms with van der Waals surface area (Å²) in [6, 6.07) is 14.6. The van der Waals surface area contributed by atoms with Gasteiger partial charge in [0.1, 0.15) is 5.75 Å². The van der Waals surface area contributed by atoms with Crippen molar-refractivity contribution in [2.24, 2.45) is 0 Å². The molecular formula is C24H29N3O5S. The number of methoxy groups -OCH3 is 1.